The number of nitrogens with zero attached hydrogens (tertiary/aromatic N) is 6. The first-order valence-corrected chi connectivity index (χ1v) is 10.8. The van der Waals surface area contributed by atoms with Gasteiger partial charge in [-0.25, -0.2) is 9.50 Å². The van der Waals surface area contributed by atoms with Crippen LogP contribution in [0.4, 0.5) is 0 Å². The molecule has 2 aromatic heterocycles. The third-order valence-electron chi connectivity index (χ3n) is 5.34. The monoisotopic (exact) mass is 436 g/mol. The predicted octanol–water partition coefficient (Wildman–Crippen LogP) is 1.58. The summed E-state index contributed by atoms with van der Waals surface area (Å²) in [4.78, 5) is 37.7. The fraction of sp³-hybridized carbons (Fsp3) is 0.435. The van der Waals surface area contributed by atoms with Crippen molar-refractivity contribution in [3.8, 4) is 0 Å². The quantitative estimate of drug-likeness (QED) is 0.558. The van der Waals surface area contributed by atoms with Gasteiger partial charge in [-0.05, 0) is 17.0 Å². The summed E-state index contributed by atoms with van der Waals surface area (Å²) >= 11 is 0. The van der Waals surface area contributed by atoms with Crippen LogP contribution in [0.1, 0.15) is 25.0 Å². The van der Waals surface area contributed by atoms with Crippen LogP contribution in [0.3, 0.4) is 0 Å². The molecular formula is C23H28N6O3. The van der Waals surface area contributed by atoms with Crippen LogP contribution >= 0.6 is 0 Å². The minimum Gasteiger partial charge on any atom is -0.370 e. The molecule has 32 heavy (non-hydrogen) atoms. The second-order valence-corrected chi connectivity index (χ2v) is 8.53. The van der Waals surface area contributed by atoms with Crippen molar-refractivity contribution >= 4 is 17.6 Å². The number of fused-ring (bicyclic) bond motifs is 1. The third-order valence-corrected chi connectivity index (χ3v) is 5.34. The summed E-state index contributed by atoms with van der Waals surface area (Å²) in [5, 5.41) is 4.07. The Morgan fingerprint density at radius 2 is 1.97 bits per heavy atom. The van der Waals surface area contributed by atoms with Gasteiger partial charge in [-0.1, -0.05) is 44.2 Å². The molecule has 1 aliphatic heterocycles. The molecule has 0 bridgehead atoms. The average Bonchev–Trinajstić information content (AvgIpc) is 3.18. The second-order valence-electron chi connectivity index (χ2n) is 8.53. The van der Waals surface area contributed by atoms with E-state index in [2.05, 4.69) is 28.9 Å². The Balaban J connectivity index is 1.47. The normalized spacial score (nSPS) is 17.2. The average molecular weight is 437 g/mol. The Kier molecular flexibility index (Phi) is 6.75. The van der Waals surface area contributed by atoms with Crippen LogP contribution in [0.15, 0.2) is 49.1 Å². The number of hydrogen-bond acceptors (Lipinski definition) is 6. The Hall–Kier alpha value is -3.33. The molecule has 0 N–H and O–H groups in total. The molecule has 9 nitrogen and oxygen atoms in total. The molecule has 1 aromatic carbocycles. The Labute approximate surface area is 187 Å². The first kappa shape index (κ1) is 21.9. The zero-order valence-electron chi connectivity index (χ0n) is 18.4. The van der Waals surface area contributed by atoms with E-state index in [9.17, 15) is 9.59 Å². The van der Waals surface area contributed by atoms with Crippen molar-refractivity contribution in [2.75, 3.05) is 26.2 Å². The molecule has 1 aliphatic rings. The molecule has 4 rings (SSSR count). The first-order valence-electron chi connectivity index (χ1n) is 10.8. The van der Waals surface area contributed by atoms with Crippen molar-refractivity contribution in [3.05, 3.63) is 60.2 Å². The number of carbonyl (C=O) groups is 2. The van der Waals surface area contributed by atoms with Crippen LogP contribution in [-0.4, -0.2) is 73.5 Å². The zero-order chi connectivity index (χ0) is 22.5. The van der Waals surface area contributed by atoms with Crippen molar-refractivity contribution in [2.24, 2.45) is 5.92 Å². The first-order chi connectivity index (χ1) is 15.5. The standard InChI is InChI=1S/C23H28N6O3/c1-17(2)10-27-12-20(32-15-18-6-4-3-5-7-18)13-28(14-22(27)31)21(30)8-19-9-24-23-25-16-26-29(23)11-19/h3-7,9,11,16-17,20H,8,10,12-15H2,1-2H3. The molecule has 0 aliphatic carbocycles. The van der Waals surface area contributed by atoms with E-state index in [1.807, 2.05) is 35.2 Å². The van der Waals surface area contributed by atoms with Crippen molar-refractivity contribution in [3.63, 3.8) is 0 Å². The summed E-state index contributed by atoms with van der Waals surface area (Å²) < 4.78 is 7.70. The molecule has 1 saturated heterocycles. The van der Waals surface area contributed by atoms with Gasteiger partial charge in [-0.3, -0.25) is 9.59 Å². The fourth-order valence-corrected chi connectivity index (χ4v) is 3.82. The van der Waals surface area contributed by atoms with Crippen LogP contribution in [0.5, 0.6) is 0 Å². The highest BCUT2D eigenvalue weighted by atomic mass is 16.5. The summed E-state index contributed by atoms with van der Waals surface area (Å²) in [7, 11) is 0. The molecule has 3 aromatic rings. The SMILES string of the molecule is CC(C)CN1CC(OCc2ccccc2)CN(C(=O)Cc2cnc3ncnn3c2)CC1=O. The van der Waals surface area contributed by atoms with Gasteiger partial charge in [0.25, 0.3) is 5.78 Å². The van der Waals surface area contributed by atoms with E-state index in [-0.39, 0.29) is 30.9 Å². The smallest absolute Gasteiger partial charge is 0.252 e. The minimum absolute atomic E-state index is 0.0513. The molecule has 0 radical (unpaired) electrons. The molecular weight excluding hydrogens is 408 g/mol. The van der Waals surface area contributed by atoms with Gasteiger partial charge in [0.2, 0.25) is 11.8 Å². The predicted molar refractivity (Wildman–Crippen MR) is 118 cm³/mol. The topological polar surface area (TPSA) is 92.9 Å². The maximum absolute atomic E-state index is 13.1. The summed E-state index contributed by atoms with van der Waals surface area (Å²) in [6.45, 7) is 6.12. The van der Waals surface area contributed by atoms with Crippen molar-refractivity contribution < 1.29 is 14.3 Å². The highest BCUT2D eigenvalue weighted by molar-refractivity contribution is 5.86. The molecule has 2 amide bonds. The number of amides is 2. The highest BCUT2D eigenvalue weighted by Crippen LogP contribution is 2.14. The summed E-state index contributed by atoms with van der Waals surface area (Å²) in [6, 6.07) is 9.91. The van der Waals surface area contributed by atoms with Gasteiger partial charge in [0.05, 0.1) is 25.7 Å². The highest BCUT2D eigenvalue weighted by Gasteiger charge is 2.31. The lowest BCUT2D eigenvalue weighted by atomic mass is 10.2. The molecule has 1 fully saturated rings. The van der Waals surface area contributed by atoms with E-state index >= 15 is 0 Å². The number of benzene rings is 1. The third kappa shape index (κ3) is 5.47. The van der Waals surface area contributed by atoms with Gasteiger partial charge in [0, 0.05) is 32.0 Å². The van der Waals surface area contributed by atoms with E-state index in [4.69, 9.17) is 4.74 Å². The molecule has 9 heteroatoms. The lowest BCUT2D eigenvalue weighted by Gasteiger charge is -2.26. The maximum atomic E-state index is 13.1. The number of carbonyl (C=O) groups excluding carboxylic acids is 2. The van der Waals surface area contributed by atoms with Gasteiger partial charge in [0.15, 0.2) is 0 Å². The van der Waals surface area contributed by atoms with Crippen molar-refractivity contribution in [1.29, 1.82) is 0 Å². The van der Waals surface area contributed by atoms with E-state index in [0.717, 1.165) is 5.56 Å². The maximum Gasteiger partial charge on any atom is 0.252 e. The van der Waals surface area contributed by atoms with Gasteiger partial charge < -0.3 is 14.5 Å². The Morgan fingerprint density at radius 3 is 2.75 bits per heavy atom. The molecule has 0 spiro atoms. The van der Waals surface area contributed by atoms with Crippen LogP contribution < -0.4 is 0 Å². The van der Waals surface area contributed by atoms with E-state index in [1.165, 1.54) is 10.8 Å². The van der Waals surface area contributed by atoms with Crippen LogP contribution in [0.2, 0.25) is 0 Å². The Bertz CT molecular complexity index is 1070. The molecule has 1 unspecified atom stereocenters. The molecule has 1 atom stereocenters. The summed E-state index contributed by atoms with van der Waals surface area (Å²) in [5.41, 5.74) is 1.77. The number of hydrogen-bond donors (Lipinski definition) is 0. The van der Waals surface area contributed by atoms with Gasteiger partial charge in [-0.2, -0.15) is 10.1 Å². The number of rotatable bonds is 7. The van der Waals surface area contributed by atoms with Gasteiger partial charge in [-0.15, -0.1) is 0 Å². The van der Waals surface area contributed by atoms with Gasteiger partial charge in [0.1, 0.15) is 6.33 Å². The molecule has 168 valence electrons. The van der Waals surface area contributed by atoms with Crippen LogP contribution in [0.25, 0.3) is 5.78 Å². The lowest BCUT2D eigenvalue weighted by molar-refractivity contribution is -0.138. The summed E-state index contributed by atoms with van der Waals surface area (Å²) in [5.74, 6) is 0.614. The van der Waals surface area contributed by atoms with E-state index < -0.39 is 0 Å². The van der Waals surface area contributed by atoms with Crippen LogP contribution in [0, 0.1) is 5.92 Å². The second kappa shape index (κ2) is 9.86. The minimum atomic E-state index is -0.264. The van der Waals surface area contributed by atoms with Crippen LogP contribution in [-0.2, 0) is 27.4 Å². The Morgan fingerprint density at radius 1 is 1.16 bits per heavy atom. The lowest BCUT2D eigenvalue weighted by Crippen LogP contribution is -2.41. The van der Waals surface area contributed by atoms with Gasteiger partial charge >= 0.3 is 0 Å². The number of ether oxygens (including phenoxy) is 1. The van der Waals surface area contributed by atoms with Crippen molar-refractivity contribution in [2.45, 2.75) is 33.0 Å². The number of aromatic nitrogens is 4. The zero-order valence-corrected chi connectivity index (χ0v) is 18.4. The van der Waals surface area contributed by atoms with E-state index in [1.54, 1.807) is 17.3 Å². The largest absolute Gasteiger partial charge is 0.370 e. The van der Waals surface area contributed by atoms with Crippen molar-refractivity contribution in [1.82, 2.24) is 29.4 Å². The van der Waals surface area contributed by atoms with E-state index in [0.29, 0.717) is 43.5 Å². The fourth-order valence-electron chi connectivity index (χ4n) is 3.82. The summed E-state index contributed by atoms with van der Waals surface area (Å²) in [6.07, 6.45) is 4.64. The molecule has 0 saturated carbocycles. The molecule has 3 heterocycles.